The van der Waals surface area contributed by atoms with E-state index in [1.807, 2.05) is 54.6 Å². The van der Waals surface area contributed by atoms with Gasteiger partial charge in [-0.3, -0.25) is 0 Å². The molecule has 1 aliphatic heterocycles. The average molecular weight is 526 g/mol. The van der Waals surface area contributed by atoms with Crippen LogP contribution in [0.5, 0.6) is 11.5 Å². The highest BCUT2D eigenvalue weighted by atomic mass is 16.5. The Morgan fingerprint density at radius 3 is 2.10 bits per heavy atom. The van der Waals surface area contributed by atoms with Crippen LogP contribution in [-0.2, 0) is 0 Å². The van der Waals surface area contributed by atoms with E-state index in [4.69, 9.17) is 11.6 Å². The highest BCUT2D eigenvalue weighted by molar-refractivity contribution is 6.24. The van der Waals surface area contributed by atoms with Crippen molar-refractivity contribution in [2.45, 2.75) is 0 Å². The van der Waals surface area contributed by atoms with Crippen LogP contribution in [0, 0.1) is 0 Å². The number of ether oxygens (including phenoxy) is 1. The normalized spacial score (nSPS) is 13.8. The van der Waals surface area contributed by atoms with Crippen LogP contribution in [0.3, 0.4) is 0 Å². The average Bonchev–Trinajstić information content (AvgIpc) is 3.09. The van der Waals surface area contributed by atoms with Crippen molar-refractivity contribution >= 4 is 43.1 Å². The molecule has 0 aliphatic carbocycles. The van der Waals surface area contributed by atoms with Crippen molar-refractivity contribution in [2.75, 3.05) is 0 Å². The summed E-state index contributed by atoms with van der Waals surface area (Å²) in [5.74, 6) is 1.69. The molecule has 0 spiro atoms. The van der Waals surface area contributed by atoms with E-state index in [1.165, 1.54) is 0 Å². The van der Waals surface area contributed by atoms with Gasteiger partial charge in [0.15, 0.2) is 0 Å². The lowest BCUT2D eigenvalue weighted by Gasteiger charge is -2.23. The maximum atomic E-state index is 8.66. The molecule has 0 unspecified atom stereocenters. The molecule has 0 fully saturated rings. The summed E-state index contributed by atoms with van der Waals surface area (Å²) in [6.07, 6.45) is 0. The summed E-state index contributed by atoms with van der Waals surface area (Å²) < 4.78 is 48.4. The lowest BCUT2D eigenvalue weighted by atomic mass is 9.85. The van der Waals surface area contributed by atoms with Crippen molar-refractivity contribution in [3.05, 3.63) is 145 Å². The lowest BCUT2D eigenvalue weighted by molar-refractivity contribution is 0.487. The Hall–Kier alpha value is -5.40. The van der Waals surface area contributed by atoms with Crippen molar-refractivity contribution < 1.29 is 11.6 Å². The molecule has 0 saturated heterocycles. The van der Waals surface area contributed by atoms with Gasteiger partial charge in [0, 0.05) is 10.9 Å². The summed E-state index contributed by atoms with van der Waals surface area (Å²) in [6.45, 7) is 0. The molecule has 1 heteroatoms. The SMILES string of the molecule is [2H]c1c([2H])c([2H])c(-c2cccc3c2ccc2c(-c4ccc5c6c(cccc46)Oc4ccccc4-5)c4ccccc4cc23)c([2H])c1[2H]. The molecule has 0 bridgehead atoms. The predicted octanol–water partition coefficient (Wildman–Crippen LogP) is 11.4. The Labute approximate surface area is 244 Å². The predicted molar refractivity (Wildman–Crippen MR) is 173 cm³/mol. The van der Waals surface area contributed by atoms with E-state index in [0.717, 1.165) is 76.8 Å². The number of rotatable bonds is 2. The zero-order valence-electron chi connectivity index (χ0n) is 26.9. The molecule has 0 radical (unpaired) electrons. The van der Waals surface area contributed by atoms with Crippen LogP contribution in [0.4, 0.5) is 0 Å². The van der Waals surface area contributed by atoms with E-state index >= 15 is 0 Å². The lowest BCUT2D eigenvalue weighted by Crippen LogP contribution is -1.98. The fraction of sp³-hybridized carbons (Fsp3) is 0. The Morgan fingerprint density at radius 2 is 1.15 bits per heavy atom. The number of hydrogen-bond donors (Lipinski definition) is 0. The van der Waals surface area contributed by atoms with E-state index < -0.39 is 6.04 Å². The van der Waals surface area contributed by atoms with E-state index in [-0.39, 0.29) is 29.7 Å². The molecule has 1 heterocycles. The van der Waals surface area contributed by atoms with Crippen molar-refractivity contribution in [3.8, 4) is 44.9 Å². The maximum absolute atomic E-state index is 8.66. The Balaban J connectivity index is 1.38. The quantitative estimate of drug-likeness (QED) is 0.161. The highest BCUT2D eigenvalue weighted by Gasteiger charge is 2.23. The van der Waals surface area contributed by atoms with Crippen LogP contribution < -0.4 is 4.74 Å². The summed E-state index contributed by atoms with van der Waals surface area (Å²) in [4.78, 5) is 0. The molecule has 0 atom stereocenters. The minimum Gasteiger partial charge on any atom is -0.456 e. The molecule has 0 N–H and O–H groups in total. The fourth-order valence-corrected chi connectivity index (χ4v) is 6.60. The molecule has 8 aromatic carbocycles. The minimum atomic E-state index is -0.393. The van der Waals surface area contributed by atoms with Gasteiger partial charge < -0.3 is 4.74 Å². The number of hydrogen-bond acceptors (Lipinski definition) is 1. The zero-order chi connectivity index (χ0) is 31.3. The molecule has 1 aliphatic rings. The zero-order valence-corrected chi connectivity index (χ0v) is 21.9. The van der Waals surface area contributed by atoms with E-state index in [9.17, 15) is 0 Å². The molecule has 1 nitrogen and oxygen atoms in total. The third-order valence-electron chi connectivity index (χ3n) is 8.34. The number of benzene rings is 8. The molecule has 41 heavy (non-hydrogen) atoms. The van der Waals surface area contributed by atoms with Gasteiger partial charge in [-0.05, 0) is 83.7 Å². The van der Waals surface area contributed by atoms with Crippen molar-refractivity contribution in [2.24, 2.45) is 0 Å². The van der Waals surface area contributed by atoms with Crippen molar-refractivity contribution in [1.82, 2.24) is 0 Å². The van der Waals surface area contributed by atoms with Crippen molar-refractivity contribution in [1.29, 1.82) is 0 Å². The van der Waals surface area contributed by atoms with E-state index in [1.54, 1.807) is 0 Å². The fourth-order valence-electron chi connectivity index (χ4n) is 6.60. The minimum absolute atomic E-state index is 0.203. The third-order valence-corrected chi connectivity index (χ3v) is 8.34. The molecular formula is C40H24O. The van der Waals surface area contributed by atoms with Gasteiger partial charge in [-0.2, -0.15) is 0 Å². The van der Waals surface area contributed by atoms with Crippen LogP contribution in [0.15, 0.2) is 145 Å². The topological polar surface area (TPSA) is 9.23 Å². The number of fused-ring (bicyclic) bond motifs is 6. The Morgan fingerprint density at radius 1 is 0.439 bits per heavy atom. The van der Waals surface area contributed by atoms with Gasteiger partial charge in [-0.15, -0.1) is 0 Å². The summed E-state index contributed by atoms with van der Waals surface area (Å²) in [6, 6.07) is 37.9. The second-order valence-electron chi connectivity index (χ2n) is 10.5. The van der Waals surface area contributed by atoms with Crippen LogP contribution in [0.1, 0.15) is 6.85 Å². The van der Waals surface area contributed by atoms with Crippen LogP contribution in [-0.4, -0.2) is 0 Å². The molecule has 0 saturated carbocycles. The first-order valence-corrected chi connectivity index (χ1v) is 13.7. The molecule has 190 valence electrons. The molecule has 8 aromatic rings. The first-order valence-electron chi connectivity index (χ1n) is 16.2. The summed E-state index contributed by atoms with van der Waals surface area (Å²) in [5, 5.41) is 8.30. The Kier molecular flexibility index (Phi) is 3.76. The molecule has 0 amide bonds. The standard InChI is InChI=1S/C40H24O/c1-2-10-25(11-3-1)27-15-8-16-29-30(27)20-21-35-36(29)24-26-12-4-5-13-28(26)39(35)34-23-22-33-31-14-6-7-18-37(31)41-38-19-9-17-32(34)40(33)38/h1-24H/i1D,2D,3D,10D,11D. The van der Waals surface area contributed by atoms with Crippen LogP contribution in [0.2, 0.25) is 0 Å². The van der Waals surface area contributed by atoms with Crippen molar-refractivity contribution in [3.63, 3.8) is 0 Å². The summed E-state index contributed by atoms with van der Waals surface area (Å²) in [5.41, 5.74) is 5.27. The number of para-hydroxylation sites is 1. The van der Waals surface area contributed by atoms with E-state index in [2.05, 4.69) is 60.7 Å². The first kappa shape index (κ1) is 18.0. The van der Waals surface area contributed by atoms with Gasteiger partial charge in [-0.1, -0.05) is 127 Å². The monoisotopic (exact) mass is 525 g/mol. The largest absolute Gasteiger partial charge is 0.456 e. The van der Waals surface area contributed by atoms with Gasteiger partial charge in [0.2, 0.25) is 0 Å². The van der Waals surface area contributed by atoms with Gasteiger partial charge >= 0.3 is 0 Å². The smallest absolute Gasteiger partial charge is 0.135 e. The molecule has 0 aromatic heterocycles. The van der Waals surface area contributed by atoms with Gasteiger partial charge in [0.25, 0.3) is 0 Å². The van der Waals surface area contributed by atoms with Gasteiger partial charge in [0.05, 0.1) is 6.85 Å². The van der Waals surface area contributed by atoms with Crippen LogP contribution in [0.25, 0.3) is 76.5 Å². The molecule has 9 rings (SSSR count). The second kappa shape index (κ2) is 8.55. The third kappa shape index (κ3) is 3.24. The van der Waals surface area contributed by atoms with Gasteiger partial charge in [-0.25, -0.2) is 0 Å². The second-order valence-corrected chi connectivity index (χ2v) is 10.5. The first-order chi connectivity index (χ1) is 22.4. The highest BCUT2D eigenvalue weighted by Crippen LogP contribution is 2.50. The summed E-state index contributed by atoms with van der Waals surface area (Å²) >= 11 is 0. The maximum Gasteiger partial charge on any atom is 0.135 e. The van der Waals surface area contributed by atoms with Crippen LogP contribution >= 0.6 is 0 Å². The Bertz CT molecular complexity index is 2600. The van der Waals surface area contributed by atoms with E-state index in [0.29, 0.717) is 5.56 Å². The summed E-state index contributed by atoms with van der Waals surface area (Å²) in [7, 11) is 0. The molecular weight excluding hydrogens is 496 g/mol. The van der Waals surface area contributed by atoms with Gasteiger partial charge in [0.1, 0.15) is 11.5 Å².